The van der Waals surface area contributed by atoms with Gasteiger partial charge in [0.1, 0.15) is 5.60 Å². The van der Waals surface area contributed by atoms with Gasteiger partial charge in [0.15, 0.2) is 0 Å². The quantitative estimate of drug-likeness (QED) is 0.827. The Balaban J connectivity index is 2.30. The molecule has 1 saturated heterocycles. The third-order valence-electron chi connectivity index (χ3n) is 2.88. The average molecular weight is 243 g/mol. The van der Waals surface area contributed by atoms with Gasteiger partial charge in [-0.15, -0.1) is 0 Å². The number of hydrogen-bond acceptors (Lipinski definition) is 3. The Kier molecular flexibility index (Phi) is 4.07. The summed E-state index contributed by atoms with van der Waals surface area (Å²) in [4.78, 5) is 13.4. The zero-order valence-corrected chi connectivity index (χ0v) is 11.6. The van der Waals surface area contributed by atoms with Crippen LogP contribution in [0.3, 0.4) is 0 Å². The molecule has 0 aromatic heterocycles. The predicted molar refractivity (Wildman–Crippen MR) is 66.8 cm³/mol. The van der Waals surface area contributed by atoms with E-state index in [-0.39, 0.29) is 18.1 Å². The van der Waals surface area contributed by atoms with E-state index in [1.165, 1.54) is 0 Å². The van der Waals surface area contributed by atoms with E-state index >= 15 is 0 Å². The molecule has 17 heavy (non-hydrogen) atoms. The zero-order valence-electron chi connectivity index (χ0n) is 11.6. The highest BCUT2D eigenvalue weighted by molar-refractivity contribution is 5.69. The predicted octanol–water partition coefficient (Wildman–Crippen LogP) is 2.26. The highest BCUT2D eigenvalue weighted by Crippen LogP contribution is 2.31. The van der Waals surface area contributed by atoms with E-state index in [2.05, 4.69) is 0 Å². The second-order valence-corrected chi connectivity index (χ2v) is 6.78. The number of carbonyl (C=O) groups is 1. The van der Waals surface area contributed by atoms with Crippen molar-refractivity contribution in [3.8, 4) is 0 Å². The highest BCUT2D eigenvalue weighted by atomic mass is 16.6. The molecule has 0 unspecified atom stereocenters. The maximum absolute atomic E-state index is 11.7. The van der Waals surface area contributed by atoms with Crippen LogP contribution in [-0.4, -0.2) is 41.4 Å². The van der Waals surface area contributed by atoms with Crippen molar-refractivity contribution in [2.75, 3.05) is 19.7 Å². The van der Waals surface area contributed by atoms with E-state index in [9.17, 15) is 9.90 Å². The molecule has 1 aliphatic heterocycles. The Morgan fingerprint density at radius 2 is 1.82 bits per heavy atom. The lowest BCUT2D eigenvalue weighted by atomic mass is 9.80. The van der Waals surface area contributed by atoms with Gasteiger partial charge in [-0.1, -0.05) is 13.8 Å². The monoisotopic (exact) mass is 243 g/mol. The molecule has 0 aromatic carbocycles. The topological polar surface area (TPSA) is 49.8 Å². The lowest BCUT2D eigenvalue weighted by Gasteiger charge is -2.42. The summed E-state index contributed by atoms with van der Waals surface area (Å²) in [7, 11) is 0. The molecule has 1 N–H and O–H groups in total. The molecule has 0 radical (unpaired) electrons. The summed E-state index contributed by atoms with van der Waals surface area (Å²) in [5, 5.41) is 9.19. The second-order valence-electron chi connectivity index (χ2n) is 6.78. The van der Waals surface area contributed by atoms with Gasteiger partial charge < -0.3 is 14.7 Å². The van der Waals surface area contributed by atoms with E-state index in [0.29, 0.717) is 5.92 Å². The number of ether oxygens (including phenoxy) is 1. The summed E-state index contributed by atoms with van der Waals surface area (Å²) in [6.07, 6.45) is 0.721. The SMILES string of the molecule is CC(C)(CO)CC1CN(C(=O)OC(C)(C)C)C1. The lowest BCUT2D eigenvalue weighted by Crippen LogP contribution is -2.52. The third-order valence-corrected chi connectivity index (χ3v) is 2.88. The number of carbonyl (C=O) groups excluding carboxylic acids is 1. The Bertz CT molecular complexity index is 275. The van der Waals surface area contributed by atoms with E-state index in [4.69, 9.17) is 4.74 Å². The number of aliphatic hydroxyl groups excluding tert-OH is 1. The molecule has 0 saturated carbocycles. The number of rotatable bonds is 3. The molecule has 0 aromatic rings. The van der Waals surface area contributed by atoms with Crippen LogP contribution in [0.25, 0.3) is 0 Å². The van der Waals surface area contributed by atoms with Crippen LogP contribution in [-0.2, 0) is 4.74 Å². The van der Waals surface area contributed by atoms with Crippen LogP contribution in [0.2, 0.25) is 0 Å². The van der Waals surface area contributed by atoms with E-state index in [1.54, 1.807) is 4.90 Å². The Morgan fingerprint density at radius 3 is 2.24 bits per heavy atom. The van der Waals surface area contributed by atoms with Gasteiger partial charge in [0.25, 0.3) is 0 Å². The first kappa shape index (κ1) is 14.3. The first-order chi connectivity index (χ1) is 7.63. The summed E-state index contributed by atoms with van der Waals surface area (Å²) in [6, 6.07) is 0. The fraction of sp³-hybridized carbons (Fsp3) is 0.923. The summed E-state index contributed by atoms with van der Waals surface area (Å²) in [5.74, 6) is 0.490. The number of likely N-dealkylation sites (tertiary alicyclic amines) is 1. The van der Waals surface area contributed by atoms with Crippen LogP contribution in [0.4, 0.5) is 4.79 Å². The zero-order chi connectivity index (χ0) is 13.3. The van der Waals surface area contributed by atoms with Crippen molar-refractivity contribution in [2.24, 2.45) is 11.3 Å². The number of aliphatic hydroxyl groups is 1. The molecule has 0 spiro atoms. The van der Waals surface area contributed by atoms with Gasteiger partial charge in [0.05, 0.1) is 0 Å². The maximum Gasteiger partial charge on any atom is 0.410 e. The first-order valence-electron chi connectivity index (χ1n) is 6.22. The van der Waals surface area contributed by atoms with E-state index in [0.717, 1.165) is 19.5 Å². The van der Waals surface area contributed by atoms with Crippen LogP contribution in [0.1, 0.15) is 41.0 Å². The number of hydrogen-bond donors (Lipinski definition) is 1. The summed E-state index contributed by atoms with van der Waals surface area (Å²) >= 11 is 0. The first-order valence-corrected chi connectivity index (χ1v) is 6.22. The van der Waals surface area contributed by atoms with Gasteiger partial charge >= 0.3 is 6.09 Å². The maximum atomic E-state index is 11.7. The van der Waals surface area contributed by atoms with Gasteiger partial charge in [-0.2, -0.15) is 0 Å². The standard InChI is InChI=1S/C13H25NO3/c1-12(2,3)17-11(16)14-7-10(8-14)6-13(4,5)9-15/h10,15H,6-9H2,1-5H3. The number of nitrogens with zero attached hydrogens (tertiary/aromatic N) is 1. The molecule has 1 heterocycles. The Labute approximate surface area is 104 Å². The van der Waals surface area contributed by atoms with Crippen LogP contribution in [0.15, 0.2) is 0 Å². The van der Waals surface area contributed by atoms with Crippen molar-refractivity contribution in [2.45, 2.75) is 46.6 Å². The molecule has 0 bridgehead atoms. The van der Waals surface area contributed by atoms with Crippen molar-refractivity contribution < 1.29 is 14.6 Å². The minimum absolute atomic E-state index is 0.0509. The molecule has 100 valence electrons. The summed E-state index contributed by atoms with van der Waals surface area (Å²) in [5.41, 5.74) is -0.475. The molecule has 4 heteroatoms. The van der Waals surface area contributed by atoms with Crippen molar-refractivity contribution in [3.63, 3.8) is 0 Å². The van der Waals surface area contributed by atoms with Gasteiger partial charge in [0, 0.05) is 19.7 Å². The minimum atomic E-state index is -0.424. The van der Waals surface area contributed by atoms with Crippen LogP contribution < -0.4 is 0 Å². The minimum Gasteiger partial charge on any atom is -0.444 e. The Hall–Kier alpha value is -0.770. The van der Waals surface area contributed by atoms with E-state index < -0.39 is 5.60 Å². The molecule has 1 fully saturated rings. The van der Waals surface area contributed by atoms with Crippen LogP contribution in [0, 0.1) is 11.3 Å². The molecule has 1 rings (SSSR count). The van der Waals surface area contributed by atoms with Crippen molar-refractivity contribution in [1.29, 1.82) is 0 Å². The summed E-state index contributed by atoms with van der Waals surface area (Å²) in [6.45, 7) is 11.4. The molecule has 0 aliphatic carbocycles. The second kappa shape index (κ2) is 4.84. The largest absolute Gasteiger partial charge is 0.444 e. The fourth-order valence-electron chi connectivity index (χ4n) is 2.02. The fourth-order valence-corrected chi connectivity index (χ4v) is 2.02. The number of amides is 1. The third kappa shape index (κ3) is 4.54. The molecular weight excluding hydrogens is 218 g/mol. The molecule has 1 aliphatic rings. The smallest absolute Gasteiger partial charge is 0.410 e. The van der Waals surface area contributed by atoms with Crippen molar-refractivity contribution in [1.82, 2.24) is 4.90 Å². The molecular formula is C13H25NO3. The normalized spacial score (nSPS) is 17.9. The molecule has 4 nitrogen and oxygen atoms in total. The summed E-state index contributed by atoms with van der Waals surface area (Å²) < 4.78 is 5.28. The van der Waals surface area contributed by atoms with Crippen LogP contribution in [0.5, 0.6) is 0 Å². The lowest BCUT2D eigenvalue weighted by molar-refractivity contribution is -0.0110. The van der Waals surface area contributed by atoms with Gasteiger partial charge in [-0.05, 0) is 38.5 Å². The molecule has 1 amide bonds. The van der Waals surface area contributed by atoms with Crippen molar-refractivity contribution in [3.05, 3.63) is 0 Å². The Morgan fingerprint density at radius 1 is 1.29 bits per heavy atom. The van der Waals surface area contributed by atoms with Crippen LogP contribution >= 0.6 is 0 Å². The molecule has 0 atom stereocenters. The average Bonchev–Trinajstić information content (AvgIpc) is 2.07. The van der Waals surface area contributed by atoms with Gasteiger partial charge in [-0.25, -0.2) is 4.79 Å². The van der Waals surface area contributed by atoms with E-state index in [1.807, 2.05) is 34.6 Å². The van der Waals surface area contributed by atoms with Gasteiger partial charge in [0.2, 0.25) is 0 Å². The highest BCUT2D eigenvalue weighted by Gasteiger charge is 2.36. The van der Waals surface area contributed by atoms with Crippen molar-refractivity contribution >= 4 is 6.09 Å². The van der Waals surface area contributed by atoms with Gasteiger partial charge in [-0.3, -0.25) is 0 Å².